The Morgan fingerprint density at radius 2 is 1.14 bits per heavy atom. The van der Waals surface area contributed by atoms with Gasteiger partial charge in [-0.05, 0) is 125 Å². The molecule has 0 bridgehead atoms. The molecular weight excluding hydrogens is 748 g/mol. The number of Topliss-reactive ketones (excluding diaryl/α,β-unsaturated/α-hetero) is 1. The zero-order valence-corrected chi connectivity index (χ0v) is 34.1. The van der Waals surface area contributed by atoms with E-state index in [0.717, 1.165) is 73.3 Å². The number of carbonyl (C=O) groups is 3. The lowest BCUT2D eigenvalue weighted by atomic mass is 9.83. The first-order valence-corrected chi connectivity index (χ1v) is 18.5. The van der Waals surface area contributed by atoms with Crippen molar-refractivity contribution in [1.29, 1.82) is 0 Å². The normalized spacial score (nSPS) is 14.7. The van der Waals surface area contributed by atoms with E-state index in [1.807, 2.05) is 69.2 Å². The molecule has 6 N–H and O–H groups in total. The maximum Gasteiger partial charge on any atom is 0.241 e. The number of aromatic hydroxyl groups is 4. The summed E-state index contributed by atoms with van der Waals surface area (Å²) in [5, 5.41) is 39.9. The summed E-state index contributed by atoms with van der Waals surface area (Å²) in [6, 6.07) is 4.69. The number of hydrogen-bond acceptors (Lipinski definition) is 14. The summed E-state index contributed by atoms with van der Waals surface area (Å²) in [6.45, 7) is 19.6. The lowest BCUT2D eigenvalue weighted by molar-refractivity contribution is -0.113. The SMILES string of the molecule is Cc1c(C)c(C)c(-c2oc3cc(O)cc(O)c3c(=O)c2ONCC=O)c(C)c1C.Cc1c(C)c(C)c(C2Oc3cc(O)cc(O)c3C(=O)C2ONCC=O)c(C)c1C. The van der Waals surface area contributed by atoms with Crippen LogP contribution in [0, 0.1) is 69.2 Å². The molecular formula is C44H48N2O12. The fraction of sp³-hybridized carbons (Fsp3) is 0.318. The quantitative estimate of drug-likeness (QED) is 0.0503. The van der Waals surface area contributed by atoms with E-state index in [0.29, 0.717) is 18.1 Å². The first-order chi connectivity index (χ1) is 27.4. The molecule has 0 aliphatic carbocycles. The summed E-state index contributed by atoms with van der Waals surface area (Å²) in [6.07, 6.45) is -0.747. The highest BCUT2D eigenvalue weighted by atomic mass is 16.7. The molecule has 4 aromatic carbocycles. The molecule has 2 atom stereocenters. The molecule has 1 aliphatic heterocycles. The van der Waals surface area contributed by atoms with Crippen molar-refractivity contribution in [1.82, 2.24) is 11.0 Å². The zero-order valence-electron chi connectivity index (χ0n) is 34.1. The Hall–Kier alpha value is -6.22. The number of nitrogens with one attached hydrogen (secondary N) is 2. The number of rotatable bonds is 10. The monoisotopic (exact) mass is 796 g/mol. The lowest BCUT2D eigenvalue weighted by Gasteiger charge is -2.35. The van der Waals surface area contributed by atoms with Crippen LogP contribution in [-0.4, -0.2) is 58.0 Å². The molecule has 58 heavy (non-hydrogen) atoms. The Morgan fingerprint density at radius 3 is 1.71 bits per heavy atom. The molecule has 14 nitrogen and oxygen atoms in total. The van der Waals surface area contributed by atoms with Crippen LogP contribution in [0.1, 0.15) is 77.7 Å². The topological polar surface area (TPSA) is 214 Å². The van der Waals surface area contributed by atoms with Crippen LogP contribution >= 0.6 is 0 Å². The predicted molar refractivity (Wildman–Crippen MR) is 216 cm³/mol. The summed E-state index contributed by atoms with van der Waals surface area (Å²) in [4.78, 5) is 58.7. The average molecular weight is 797 g/mol. The van der Waals surface area contributed by atoms with Gasteiger partial charge in [-0.15, -0.1) is 5.48 Å². The van der Waals surface area contributed by atoms with Gasteiger partial charge in [0.2, 0.25) is 17.0 Å². The number of hydroxylamine groups is 2. The Bertz CT molecular complexity index is 2480. The summed E-state index contributed by atoms with van der Waals surface area (Å²) >= 11 is 0. The number of carbonyl (C=O) groups excluding carboxylic acids is 3. The van der Waals surface area contributed by atoms with Gasteiger partial charge in [0.05, 0.1) is 13.1 Å². The molecule has 14 heteroatoms. The second kappa shape index (κ2) is 17.1. The van der Waals surface area contributed by atoms with Crippen molar-refractivity contribution in [2.75, 3.05) is 13.1 Å². The number of aldehydes is 2. The van der Waals surface area contributed by atoms with E-state index in [-0.39, 0.29) is 58.4 Å². The number of ketones is 1. The van der Waals surface area contributed by atoms with Crippen LogP contribution in [0.15, 0.2) is 33.5 Å². The maximum atomic E-state index is 13.2. The van der Waals surface area contributed by atoms with Crippen molar-refractivity contribution < 1.29 is 53.6 Å². The zero-order chi connectivity index (χ0) is 42.9. The van der Waals surface area contributed by atoms with E-state index < -0.39 is 34.9 Å². The van der Waals surface area contributed by atoms with Crippen molar-refractivity contribution in [2.45, 2.75) is 81.4 Å². The van der Waals surface area contributed by atoms with E-state index in [9.17, 15) is 39.6 Å². The van der Waals surface area contributed by atoms with Crippen LogP contribution < -0.4 is 26.0 Å². The van der Waals surface area contributed by atoms with Crippen molar-refractivity contribution in [2.24, 2.45) is 0 Å². The first-order valence-electron chi connectivity index (χ1n) is 18.5. The standard InChI is InChI=1S/C22H25NO6.C22H23NO6/c2*1-10-11(2)13(4)18(14(5)12(10)3)21-22(29-23-6-7-24)20(27)19-16(26)8-15(25)9-17(19)28-21/h7-9,21-23,25-26H,6H2,1-5H3;7-9,23,25-26H,6H2,1-5H3. The van der Waals surface area contributed by atoms with Gasteiger partial charge < -0.3 is 44.0 Å². The molecule has 1 aliphatic rings. The number of ether oxygens (including phenoxy) is 1. The van der Waals surface area contributed by atoms with Gasteiger partial charge in [0.1, 0.15) is 57.9 Å². The van der Waals surface area contributed by atoms with Crippen LogP contribution in [0.4, 0.5) is 0 Å². The molecule has 0 spiro atoms. The third kappa shape index (κ3) is 7.73. The number of fused-ring (bicyclic) bond motifs is 2. The van der Waals surface area contributed by atoms with E-state index in [4.69, 9.17) is 18.8 Å². The number of hydrogen-bond donors (Lipinski definition) is 6. The maximum absolute atomic E-state index is 13.2. The molecule has 2 heterocycles. The number of phenols is 4. The Kier molecular flexibility index (Phi) is 12.7. The fourth-order valence-electron chi connectivity index (χ4n) is 7.37. The summed E-state index contributed by atoms with van der Waals surface area (Å²) in [7, 11) is 0. The van der Waals surface area contributed by atoms with Crippen LogP contribution in [0.3, 0.4) is 0 Å². The van der Waals surface area contributed by atoms with E-state index in [1.54, 1.807) is 0 Å². The Balaban J connectivity index is 0.000000221. The molecule has 5 aromatic rings. The molecule has 0 saturated carbocycles. The van der Waals surface area contributed by atoms with Gasteiger partial charge in [-0.1, -0.05) is 0 Å². The third-order valence-electron chi connectivity index (χ3n) is 11.3. The van der Waals surface area contributed by atoms with Crippen molar-refractivity contribution in [3.8, 4) is 45.8 Å². The lowest BCUT2D eigenvalue weighted by Crippen LogP contribution is -2.42. The van der Waals surface area contributed by atoms with Gasteiger partial charge >= 0.3 is 0 Å². The van der Waals surface area contributed by atoms with Gasteiger partial charge in [0, 0.05) is 35.4 Å². The van der Waals surface area contributed by atoms with Crippen LogP contribution in [0.25, 0.3) is 22.3 Å². The smallest absolute Gasteiger partial charge is 0.241 e. The van der Waals surface area contributed by atoms with Gasteiger partial charge in [-0.3, -0.25) is 14.4 Å². The molecule has 6 rings (SSSR count). The first kappa shape index (κ1) is 42.9. The van der Waals surface area contributed by atoms with Gasteiger partial charge in [0.25, 0.3) is 0 Å². The predicted octanol–water partition coefficient (Wildman–Crippen LogP) is 6.54. The van der Waals surface area contributed by atoms with Crippen molar-refractivity contribution >= 4 is 29.3 Å². The van der Waals surface area contributed by atoms with Gasteiger partial charge in [-0.25, -0.2) is 0 Å². The highest BCUT2D eigenvalue weighted by Gasteiger charge is 2.43. The van der Waals surface area contributed by atoms with Gasteiger partial charge in [0.15, 0.2) is 18.0 Å². The van der Waals surface area contributed by atoms with E-state index in [2.05, 4.69) is 11.0 Å². The Labute approximate surface area is 334 Å². The third-order valence-corrected chi connectivity index (χ3v) is 11.3. The average Bonchev–Trinajstić information content (AvgIpc) is 3.16. The summed E-state index contributed by atoms with van der Waals surface area (Å²) in [5.41, 5.74) is 16.1. The van der Waals surface area contributed by atoms with Gasteiger partial charge in [-0.2, -0.15) is 5.48 Å². The minimum Gasteiger partial charge on any atom is -0.508 e. The van der Waals surface area contributed by atoms with E-state index >= 15 is 0 Å². The summed E-state index contributed by atoms with van der Waals surface area (Å²) < 4.78 is 12.1. The fourth-order valence-corrected chi connectivity index (χ4v) is 7.37. The molecule has 0 amide bonds. The van der Waals surface area contributed by atoms with Crippen LogP contribution in [0.5, 0.6) is 34.5 Å². The minimum absolute atomic E-state index is 0.0277. The second-order valence-electron chi connectivity index (χ2n) is 14.4. The molecule has 0 fully saturated rings. The van der Waals surface area contributed by atoms with Crippen molar-refractivity contribution in [3.63, 3.8) is 0 Å². The number of benzene rings is 4. The highest BCUT2D eigenvalue weighted by molar-refractivity contribution is 6.06. The Morgan fingerprint density at radius 1 is 0.638 bits per heavy atom. The highest BCUT2D eigenvalue weighted by Crippen LogP contribution is 2.45. The van der Waals surface area contributed by atoms with Crippen molar-refractivity contribution in [3.05, 3.63) is 101 Å². The minimum atomic E-state index is -1.13. The summed E-state index contributed by atoms with van der Waals surface area (Å²) in [5.74, 6) is -1.69. The van der Waals surface area contributed by atoms with Crippen LogP contribution in [-0.2, 0) is 14.4 Å². The van der Waals surface area contributed by atoms with E-state index in [1.165, 1.54) is 12.1 Å². The molecule has 0 saturated heterocycles. The molecule has 2 unspecified atom stereocenters. The molecule has 0 radical (unpaired) electrons. The second-order valence-corrected chi connectivity index (χ2v) is 14.4. The number of phenolic OH excluding ortho intramolecular Hbond substituents is 4. The largest absolute Gasteiger partial charge is 0.508 e. The van der Waals surface area contributed by atoms with Crippen LogP contribution in [0.2, 0.25) is 0 Å². The molecule has 306 valence electrons. The molecule has 1 aromatic heterocycles.